The number of aromatic nitrogens is 1. The molecule has 1 aromatic carbocycles. The van der Waals surface area contributed by atoms with Gasteiger partial charge in [-0.25, -0.2) is 0 Å². The molecule has 1 N–H and O–H groups in total. The summed E-state index contributed by atoms with van der Waals surface area (Å²) in [7, 11) is 1.64. The summed E-state index contributed by atoms with van der Waals surface area (Å²) in [5.41, 5.74) is 0.749. The van der Waals surface area contributed by atoms with E-state index >= 15 is 0 Å². The number of halogens is 3. The molecular weight excluding hydrogens is 359 g/mol. The largest absolute Gasteiger partial charge is 0.487 e. The lowest BCUT2D eigenvalue weighted by Gasteiger charge is -2.38. The van der Waals surface area contributed by atoms with E-state index in [-0.39, 0.29) is 18.4 Å². The summed E-state index contributed by atoms with van der Waals surface area (Å²) in [6.07, 6.45) is -3.58. The fourth-order valence-electron chi connectivity index (χ4n) is 2.85. The van der Waals surface area contributed by atoms with Crippen LogP contribution in [0.2, 0.25) is 0 Å². The van der Waals surface area contributed by atoms with Crippen LogP contribution in [0.1, 0.15) is 16.8 Å². The standard InChI is InChI=1S/C19H20F3N3O2/c1-23-18(26)14-10-25(11-14)9-13-2-6-17(7-3-13)27-12-16-5-4-15(8-24-16)19(20,21)22/h2-8,14H,9-12H2,1H3,(H,23,26). The Morgan fingerprint density at radius 2 is 1.93 bits per heavy atom. The Labute approximate surface area is 155 Å². The number of carbonyl (C=O) groups is 1. The maximum absolute atomic E-state index is 12.5. The van der Waals surface area contributed by atoms with Crippen molar-refractivity contribution < 1.29 is 22.7 Å². The highest BCUT2D eigenvalue weighted by Crippen LogP contribution is 2.28. The second kappa shape index (κ2) is 7.96. The molecule has 2 aromatic rings. The summed E-state index contributed by atoms with van der Waals surface area (Å²) in [6, 6.07) is 9.80. The molecule has 0 aliphatic carbocycles. The minimum Gasteiger partial charge on any atom is -0.487 e. The summed E-state index contributed by atoms with van der Waals surface area (Å²) in [5, 5.41) is 2.65. The molecule has 0 saturated carbocycles. The van der Waals surface area contributed by atoms with E-state index in [4.69, 9.17) is 4.74 Å². The molecule has 27 heavy (non-hydrogen) atoms. The number of likely N-dealkylation sites (tertiary alicyclic amines) is 1. The number of ether oxygens (including phenoxy) is 1. The van der Waals surface area contributed by atoms with Gasteiger partial charge in [-0.1, -0.05) is 12.1 Å². The number of benzene rings is 1. The number of hydrogen-bond acceptors (Lipinski definition) is 4. The highest BCUT2D eigenvalue weighted by molar-refractivity contribution is 5.79. The number of hydrogen-bond donors (Lipinski definition) is 1. The number of pyridine rings is 1. The summed E-state index contributed by atoms with van der Waals surface area (Å²) in [6.45, 7) is 2.35. The monoisotopic (exact) mass is 379 g/mol. The van der Waals surface area contributed by atoms with Crippen molar-refractivity contribution in [3.8, 4) is 5.75 Å². The van der Waals surface area contributed by atoms with Crippen LogP contribution in [-0.2, 0) is 24.1 Å². The second-order valence-corrected chi connectivity index (χ2v) is 6.47. The zero-order valence-corrected chi connectivity index (χ0v) is 14.8. The number of alkyl halides is 3. The molecule has 1 aliphatic heterocycles. The quantitative estimate of drug-likeness (QED) is 0.839. The summed E-state index contributed by atoms with van der Waals surface area (Å²) < 4.78 is 43.1. The third kappa shape index (κ3) is 4.97. The van der Waals surface area contributed by atoms with Crippen molar-refractivity contribution in [2.45, 2.75) is 19.3 Å². The van der Waals surface area contributed by atoms with Crippen molar-refractivity contribution in [1.29, 1.82) is 0 Å². The molecule has 0 spiro atoms. The Kier molecular flexibility index (Phi) is 5.65. The van der Waals surface area contributed by atoms with Gasteiger partial charge in [-0.15, -0.1) is 0 Å². The molecule has 0 atom stereocenters. The van der Waals surface area contributed by atoms with Gasteiger partial charge in [0.1, 0.15) is 12.4 Å². The topological polar surface area (TPSA) is 54.5 Å². The maximum atomic E-state index is 12.5. The van der Waals surface area contributed by atoms with Gasteiger partial charge in [-0.2, -0.15) is 13.2 Å². The lowest BCUT2D eigenvalue weighted by Crippen LogP contribution is -2.52. The smallest absolute Gasteiger partial charge is 0.417 e. The number of nitrogens with one attached hydrogen (secondary N) is 1. The number of nitrogens with zero attached hydrogens (tertiary/aromatic N) is 2. The molecule has 3 rings (SSSR count). The van der Waals surface area contributed by atoms with Gasteiger partial charge >= 0.3 is 6.18 Å². The van der Waals surface area contributed by atoms with Crippen LogP contribution >= 0.6 is 0 Å². The highest BCUT2D eigenvalue weighted by Gasteiger charge is 2.32. The predicted molar refractivity (Wildman–Crippen MR) is 92.8 cm³/mol. The van der Waals surface area contributed by atoms with E-state index in [2.05, 4.69) is 15.2 Å². The van der Waals surface area contributed by atoms with Crippen LogP contribution in [0.15, 0.2) is 42.6 Å². The average molecular weight is 379 g/mol. The third-order valence-electron chi connectivity index (χ3n) is 4.44. The molecule has 1 fully saturated rings. The number of amides is 1. The second-order valence-electron chi connectivity index (χ2n) is 6.47. The summed E-state index contributed by atoms with van der Waals surface area (Å²) in [4.78, 5) is 17.4. The van der Waals surface area contributed by atoms with Crippen LogP contribution < -0.4 is 10.1 Å². The molecule has 144 valence electrons. The van der Waals surface area contributed by atoms with Crippen LogP contribution in [0, 0.1) is 5.92 Å². The fraction of sp³-hybridized carbons (Fsp3) is 0.368. The van der Waals surface area contributed by atoms with Gasteiger partial charge in [0.25, 0.3) is 0 Å². The SMILES string of the molecule is CNC(=O)C1CN(Cc2ccc(OCc3ccc(C(F)(F)F)cn3)cc2)C1. The van der Waals surface area contributed by atoms with Crippen LogP contribution in [0.3, 0.4) is 0 Å². The van der Waals surface area contributed by atoms with E-state index in [1.807, 2.05) is 24.3 Å². The molecule has 1 saturated heterocycles. The van der Waals surface area contributed by atoms with Crippen molar-refractivity contribution in [2.24, 2.45) is 5.92 Å². The molecule has 2 heterocycles. The van der Waals surface area contributed by atoms with E-state index in [1.165, 1.54) is 6.07 Å². The molecule has 1 aromatic heterocycles. The van der Waals surface area contributed by atoms with Gasteiger partial charge in [-0.05, 0) is 29.8 Å². The molecule has 0 bridgehead atoms. The fourth-order valence-corrected chi connectivity index (χ4v) is 2.85. The van der Waals surface area contributed by atoms with Gasteiger partial charge in [0.05, 0.1) is 17.2 Å². The molecule has 5 nitrogen and oxygen atoms in total. The Morgan fingerprint density at radius 3 is 2.48 bits per heavy atom. The third-order valence-corrected chi connectivity index (χ3v) is 4.44. The van der Waals surface area contributed by atoms with Crippen molar-refractivity contribution in [1.82, 2.24) is 15.2 Å². The van der Waals surface area contributed by atoms with E-state index in [9.17, 15) is 18.0 Å². The highest BCUT2D eigenvalue weighted by atomic mass is 19.4. The van der Waals surface area contributed by atoms with Crippen molar-refractivity contribution in [3.63, 3.8) is 0 Å². The van der Waals surface area contributed by atoms with Gasteiger partial charge < -0.3 is 10.1 Å². The van der Waals surface area contributed by atoms with Gasteiger partial charge in [-0.3, -0.25) is 14.7 Å². The predicted octanol–water partition coefficient (Wildman–Crippen LogP) is 2.86. The first-order valence-corrected chi connectivity index (χ1v) is 8.53. The molecule has 1 aliphatic rings. The first-order chi connectivity index (χ1) is 12.8. The summed E-state index contributed by atoms with van der Waals surface area (Å²) >= 11 is 0. The number of carbonyl (C=O) groups excluding carboxylic acids is 1. The van der Waals surface area contributed by atoms with E-state index in [1.54, 1.807) is 7.05 Å². The van der Waals surface area contributed by atoms with Crippen LogP contribution in [0.5, 0.6) is 5.75 Å². The van der Waals surface area contributed by atoms with Gasteiger partial charge in [0, 0.05) is 32.9 Å². The Hall–Kier alpha value is -2.61. The van der Waals surface area contributed by atoms with Crippen molar-refractivity contribution >= 4 is 5.91 Å². The Bertz CT molecular complexity index is 770. The molecule has 1 amide bonds. The van der Waals surface area contributed by atoms with Gasteiger partial charge in [0.15, 0.2) is 0 Å². The molecule has 0 unspecified atom stereocenters. The first-order valence-electron chi connectivity index (χ1n) is 8.53. The summed E-state index contributed by atoms with van der Waals surface area (Å²) in [5.74, 6) is 0.757. The minimum atomic E-state index is -4.39. The Balaban J connectivity index is 1.46. The average Bonchev–Trinajstić information content (AvgIpc) is 2.62. The van der Waals surface area contributed by atoms with E-state index < -0.39 is 11.7 Å². The van der Waals surface area contributed by atoms with E-state index in [0.29, 0.717) is 11.4 Å². The lowest BCUT2D eigenvalue weighted by molar-refractivity contribution is -0.137. The zero-order valence-electron chi connectivity index (χ0n) is 14.8. The zero-order chi connectivity index (χ0) is 19.4. The van der Waals surface area contributed by atoms with Gasteiger partial charge in [0.2, 0.25) is 5.91 Å². The van der Waals surface area contributed by atoms with Crippen LogP contribution in [-0.4, -0.2) is 35.9 Å². The van der Waals surface area contributed by atoms with Crippen LogP contribution in [0.25, 0.3) is 0 Å². The molecule has 8 heteroatoms. The molecular formula is C19H20F3N3O2. The van der Waals surface area contributed by atoms with E-state index in [0.717, 1.165) is 37.5 Å². The maximum Gasteiger partial charge on any atom is 0.417 e. The lowest BCUT2D eigenvalue weighted by atomic mass is 9.98. The number of rotatable bonds is 6. The minimum absolute atomic E-state index is 0.0637. The Morgan fingerprint density at radius 1 is 1.22 bits per heavy atom. The first kappa shape index (κ1) is 19.2. The van der Waals surface area contributed by atoms with Crippen molar-refractivity contribution in [3.05, 3.63) is 59.4 Å². The van der Waals surface area contributed by atoms with Crippen LogP contribution in [0.4, 0.5) is 13.2 Å². The van der Waals surface area contributed by atoms with Crippen molar-refractivity contribution in [2.75, 3.05) is 20.1 Å². The normalized spacial score (nSPS) is 15.3. The molecule has 0 radical (unpaired) electrons.